The molecule has 1 aromatic rings. The van der Waals surface area contributed by atoms with Gasteiger partial charge in [-0.2, -0.15) is 0 Å². The summed E-state index contributed by atoms with van der Waals surface area (Å²) in [6.45, 7) is 14.3. The lowest BCUT2D eigenvalue weighted by Gasteiger charge is -2.40. The number of sulfonamides is 1. The molecule has 0 radical (unpaired) electrons. The molecule has 3 heterocycles. The van der Waals surface area contributed by atoms with Crippen molar-refractivity contribution in [2.24, 2.45) is 16.7 Å². The topological polar surface area (TPSA) is 184 Å². The normalized spacial score (nSPS) is 32.1. The number of aryl methyl sites for hydroxylation is 1. The highest BCUT2D eigenvalue weighted by atomic mass is 32.2. The minimum Gasteiger partial charge on any atom is -0.449 e. The van der Waals surface area contributed by atoms with Gasteiger partial charge in [-0.1, -0.05) is 65.3 Å². The molecule has 53 heavy (non-hydrogen) atoms. The van der Waals surface area contributed by atoms with E-state index in [4.69, 9.17) is 9.47 Å². The van der Waals surface area contributed by atoms with E-state index in [2.05, 4.69) is 28.0 Å². The summed E-state index contributed by atoms with van der Waals surface area (Å²) in [6, 6.07) is 4.06. The van der Waals surface area contributed by atoms with Crippen molar-refractivity contribution in [3.8, 4) is 0 Å². The van der Waals surface area contributed by atoms with E-state index in [-0.39, 0.29) is 31.4 Å². The molecule has 7 unspecified atom stereocenters. The molecule has 15 heteroatoms. The van der Waals surface area contributed by atoms with Crippen LogP contribution in [0.2, 0.25) is 0 Å². The third-order valence-electron chi connectivity index (χ3n) is 11.4. The third-order valence-corrected chi connectivity index (χ3v) is 13.3. The molecule has 3 aliphatic heterocycles. The van der Waals surface area contributed by atoms with Crippen LogP contribution in [-0.4, -0.2) is 95.7 Å². The predicted molar refractivity (Wildman–Crippen MR) is 195 cm³/mol. The van der Waals surface area contributed by atoms with Crippen LogP contribution in [0.1, 0.15) is 96.3 Å². The van der Waals surface area contributed by atoms with Gasteiger partial charge in [-0.3, -0.25) is 24.1 Å². The average molecular weight is 758 g/mol. The van der Waals surface area contributed by atoms with Crippen LogP contribution in [0.15, 0.2) is 30.9 Å². The average Bonchev–Trinajstić information content (AvgIpc) is 3.97. The first kappa shape index (κ1) is 39.0. The number of nitrogens with one attached hydrogen (secondary N) is 3. The summed E-state index contributed by atoms with van der Waals surface area (Å²) in [7, 11) is -3.90. The number of cyclic esters (lactones) is 1. The lowest BCUT2D eigenvalue weighted by atomic mass is 9.85. The molecule has 3 fully saturated rings. The number of benzene rings is 1. The molecular weight excluding hydrogens is 703 g/mol. The second-order valence-corrected chi connectivity index (χ2v) is 19.4. The quantitative estimate of drug-likeness (QED) is 0.314. The Bertz CT molecular complexity index is 1740. The van der Waals surface area contributed by atoms with Crippen molar-refractivity contribution < 1.29 is 42.2 Å². The highest BCUT2D eigenvalue weighted by Gasteiger charge is 2.62. The fourth-order valence-corrected chi connectivity index (χ4v) is 9.26. The Hall–Kier alpha value is -3.69. The van der Waals surface area contributed by atoms with Gasteiger partial charge in [0.05, 0.1) is 23.9 Å². The number of aliphatic hydroxyl groups excluding tert-OH is 1. The maximum atomic E-state index is 14.3. The Morgan fingerprint density at radius 1 is 1.11 bits per heavy atom. The highest BCUT2D eigenvalue weighted by molar-refractivity contribution is 7.91. The summed E-state index contributed by atoms with van der Waals surface area (Å²) >= 11 is 0. The zero-order valence-electron chi connectivity index (χ0n) is 31.5. The van der Waals surface area contributed by atoms with Gasteiger partial charge in [0.25, 0.3) is 5.91 Å². The first-order valence-corrected chi connectivity index (χ1v) is 20.3. The van der Waals surface area contributed by atoms with Crippen LogP contribution in [0.4, 0.5) is 9.59 Å². The molecule has 1 aromatic carbocycles. The van der Waals surface area contributed by atoms with E-state index in [1.54, 1.807) is 4.90 Å². The smallest absolute Gasteiger partial charge is 0.410 e. The highest BCUT2D eigenvalue weighted by Crippen LogP contribution is 2.46. The molecule has 5 aliphatic rings. The van der Waals surface area contributed by atoms with Crippen molar-refractivity contribution in [3.05, 3.63) is 47.5 Å². The van der Waals surface area contributed by atoms with Gasteiger partial charge in [0.2, 0.25) is 15.9 Å². The maximum Gasteiger partial charge on any atom is 0.410 e. The number of fused-ring (bicyclic) bond motifs is 3. The summed E-state index contributed by atoms with van der Waals surface area (Å²) in [5.41, 5.74) is 0.772. The summed E-state index contributed by atoms with van der Waals surface area (Å²) in [5.74, 6) is -2.01. The molecular formula is C38H55N5O9S. The van der Waals surface area contributed by atoms with E-state index in [1.807, 2.05) is 46.8 Å². The van der Waals surface area contributed by atoms with E-state index in [0.29, 0.717) is 25.9 Å². The summed E-state index contributed by atoms with van der Waals surface area (Å²) in [4.78, 5) is 57.8. The molecule has 0 spiro atoms. The Morgan fingerprint density at radius 2 is 1.83 bits per heavy atom. The first-order valence-electron chi connectivity index (χ1n) is 18.8. The van der Waals surface area contributed by atoms with Crippen molar-refractivity contribution in [2.45, 2.75) is 134 Å². The van der Waals surface area contributed by atoms with Crippen molar-refractivity contribution in [3.63, 3.8) is 0 Å². The molecule has 292 valence electrons. The van der Waals surface area contributed by atoms with E-state index in [1.165, 1.54) is 16.5 Å². The minimum atomic E-state index is -3.90. The van der Waals surface area contributed by atoms with Crippen molar-refractivity contribution in [2.75, 3.05) is 13.2 Å². The number of aliphatic hydroxyl groups is 1. The standard InChI is InChI=1S/C38H55N5O9S/c1-7-25-18-38(25,33(46)41-53(49,50)27-14-15-27)40-31(44)29-17-26-20-43(29)32(45)30(36(2,3)4)39-34(47)51-22-37(5,6)16-9-8-11-23-12-10-13-24-19-42(21-28(23)24)35(48)52-26/h7,10,12-13,25-27,29-30,32,45H,1,8-9,11,14-22H2,2-6H3,(H,39,47)(H,40,44)(H,41,46). The fourth-order valence-electron chi connectivity index (χ4n) is 7.90. The Labute approximate surface area is 312 Å². The summed E-state index contributed by atoms with van der Waals surface area (Å²) in [6.07, 6.45) is 2.53. The van der Waals surface area contributed by atoms with Crippen molar-refractivity contribution in [1.29, 1.82) is 0 Å². The van der Waals surface area contributed by atoms with Gasteiger partial charge in [0.15, 0.2) is 0 Å². The van der Waals surface area contributed by atoms with Gasteiger partial charge in [-0.25, -0.2) is 18.0 Å². The summed E-state index contributed by atoms with van der Waals surface area (Å²) in [5, 5.41) is 17.0. The van der Waals surface area contributed by atoms with E-state index >= 15 is 0 Å². The zero-order valence-corrected chi connectivity index (χ0v) is 32.3. The largest absolute Gasteiger partial charge is 0.449 e. The number of carbonyl (C=O) groups is 4. The second-order valence-electron chi connectivity index (χ2n) is 17.4. The van der Waals surface area contributed by atoms with E-state index < -0.39 is 80.6 Å². The number of alkyl carbamates (subject to hydrolysis) is 1. The maximum absolute atomic E-state index is 14.3. The van der Waals surface area contributed by atoms with Crippen LogP contribution in [0.3, 0.4) is 0 Å². The van der Waals surface area contributed by atoms with Crippen molar-refractivity contribution in [1.82, 2.24) is 25.2 Å². The van der Waals surface area contributed by atoms with Gasteiger partial charge in [-0.05, 0) is 66.0 Å². The number of ether oxygens (including phenoxy) is 2. The van der Waals surface area contributed by atoms with Gasteiger partial charge in [-0.15, -0.1) is 6.58 Å². The Kier molecular flexibility index (Phi) is 10.7. The van der Waals surface area contributed by atoms with Crippen LogP contribution in [0.25, 0.3) is 0 Å². The van der Waals surface area contributed by atoms with Crippen LogP contribution in [0, 0.1) is 16.7 Å². The molecule has 7 atom stereocenters. The third kappa shape index (κ3) is 8.51. The Balaban J connectivity index is 1.28. The SMILES string of the molecule is C=CC1CC1(NC(=O)C1CC2CN1C(O)C(C(C)(C)C)NC(=O)OCC(C)(C)CCCCc1cccc3c1CN(C3)C(=O)O2)C(=O)NS(=O)(=O)C1CC1. The van der Waals surface area contributed by atoms with Gasteiger partial charge in [0.1, 0.15) is 17.9 Å². The number of nitrogens with zero attached hydrogens (tertiary/aromatic N) is 2. The number of rotatable bonds is 6. The number of hydrogen-bond acceptors (Lipinski definition) is 10. The van der Waals surface area contributed by atoms with E-state index in [0.717, 1.165) is 36.8 Å². The minimum absolute atomic E-state index is 0.0208. The van der Waals surface area contributed by atoms with Gasteiger partial charge < -0.3 is 25.2 Å². The molecule has 0 aromatic heterocycles. The molecule has 4 N–H and O–H groups in total. The molecule has 1 saturated heterocycles. The van der Waals surface area contributed by atoms with Crippen LogP contribution < -0.4 is 15.4 Å². The molecule has 2 saturated carbocycles. The number of hydrogen-bond donors (Lipinski definition) is 4. The van der Waals surface area contributed by atoms with Gasteiger partial charge >= 0.3 is 12.2 Å². The molecule has 2 aliphatic carbocycles. The van der Waals surface area contributed by atoms with Crippen molar-refractivity contribution >= 4 is 34.0 Å². The molecule has 14 nitrogen and oxygen atoms in total. The second kappa shape index (κ2) is 14.5. The number of amides is 4. The molecule has 6 rings (SSSR count). The lowest BCUT2D eigenvalue weighted by Crippen LogP contribution is -2.62. The number of carbonyl (C=O) groups excluding carboxylic acids is 4. The lowest BCUT2D eigenvalue weighted by molar-refractivity contribution is -0.136. The first-order chi connectivity index (χ1) is 24.8. The van der Waals surface area contributed by atoms with E-state index in [9.17, 15) is 32.7 Å². The summed E-state index contributed by atoms with van der Waals surface area (Å²) < 4.78 is 39.3. The van der Waals surface area contributed by atoms with Gasteiger partial charge in [0, 0.05) is 32.0 Å². The molecule has 4 bridgehead atoms. The fraction of sp³-hybridized carbons (Fsp3) is 0.684. The van der Waals surface area contributed by atoms with Crippen LogP contribution in [-0.2, 0) is 48.6 Å². The Morgan fingerprint density at radius 3 is 2.49 bits per heavy atom. The van der Waals surface area contributed by atoms with Crippen LogP contribution >= 0.6 is 0 Å². The van der Waals surface area contributed by atoms with Crippen LogP contribution in [0.5, 0.6) is 0 Å². The zero-order chi connectivity index (χ0) is 38.5. The molecule has 4 amide bonds. The monoisotopic (exact) mass is 757 g/mol. The predicted octanol–water partition coefficient (Wildman–Crippen LogP) is 3.46.